The van der Waals surface area contributed by atoms with Crippen LogP contribution in [0.2, 0.25) is 5.02 Å². The van der Waals surface area contributed by atoms with E-state index < -0.39 is 0 Å². The molecule has 0 aliphatic heterocycles. The van der Waals surface area contributed by atoms with Crippen molar-refractivity contribution in [2.24, 2.45) is 23.7 Å². The second kappa shape index (κ2) is 11.0. The molecule has 31 heavy (non-hydrogen) atoms. The summed E-state index contributed by atoms with van der Waals surface area (Å²) in [5.41, 5.74) is 2.41. The van der Waals surface area contributed by atoms with Gasteiger partial charge < -0.3 is 5.32 Å². The highest BCUT2D eigenvalue weighted by Crippen LogP contribution is 2.53. The lowest BCUT2D eigenvalue weighted by Crippen LogP contribution is -2.18. The van der Waals surface area contributed by atoms with Crippen molar-refractivity contribution in [3.8, 4) is 0 Å². The molecule has 5 atom stereocenters. The van der Waals surface area contributed by atoms with E-state index in [1.807, 2.05) is 24.3 Å². The molecule has 0 aromatic heterocycles. The number of halogens is 1. The average Bonchev–Trinajstić information content (AvgIpc) is 3.39. The van der Waals surface area contributed by atoms with E-state index in [2.05, 4.69) is 66.9 Å². The lowest BCUT2D eigenvalue weighted by Gasteiger charge is -2.27. The summed E-state index contributed by atoms with van der Waals surface area (Å²) in [5.74, 6) is 3.96. The number of unbranched alkanes of at least 4 members (excludes halogenated alkanes) is 1. The summed E-state index contributed by atoms with van der Waals surface area (Å²) in [6, 6.07) is 18.9. The molecule has 164 valence electrons. The van der Waals surface area contributed by atoms with Crippen LogP contribution in [0.15, 0.2) is 78.9 Å². The highest BCUT2D eigenvalue weighted by molar-refractivity contribution is 6.30. The van der Waals surface area contributed by atoms with Crippen LogP contribution in [0, 0.1) is 23.7 Å². The Bertz CT molecular complexity index is 852. The van der Waals surface area contributed by atoms with Crippen molar-refractivity contribution >= 4 is 17.3 Å². The van der Waals surface area contributed by atoms with Crippen LogP contribution < -0.4 is 5.32 Å². The summed E-state index contributed by atoms with van der Waals surface area (Å²) in [6.45, 7) is 2.49. The van der Waals surface area contributed by atoms with Crippen LogP contribution in [0.25, 0.3) is 0 Å². The number of rotatable bonds is 10. The van der Waals surface area contributed by atoms with Crippen molar-refractivity contribution in [2.45, 2.75) is 57.9 Å². The molecule has 2 aromatic rings. The molecule has 0 heterocycles. The van der Waals surface area contributed by atoms with Gasteiger partial charge in [0.25, 0.3) is 0 Å². The maximum absolute atomic E-state index is 6.04. The minimum absolute atomic E-state index is 0.258. The van der Waals surface area contributed by atoms with Gasteiger partial charge in [-0.3, -0.25) is 0 Å². The zero-order valence-electron chi connectivity index (χ0n) is 18.7. The Hall–Kier alpha value is -1.99. The smallest absolute Gasteiger partial charge is 0.0548 e. The lowest BCUT2D eigenvalue weighted by atomic mass is 9.78. The van der Waals surface area contributed by atoms with Crippen molar-refractivity contribution in [1.82, 2.24) is 0 Å². The molecule has 0 spiro atoms. The van der Waals surface area contributed by atoms with Crippen LogP contribution in [0.4, 0.5) is 5.69 Å². The van der Waals surface area contributed by atoms with Crippen LogP contribution in [-0.2, 0) is 0 Å². The standard InChI is InChI=1S/C29H36ClN/c1-22-24-15-16-25(21-24)28(22)13-9-4-2-3-5-10-14-29(23-11-7-6-8-12-23)31-27-19-17-26(30)18-20-27/h4-12,17-20,22,24-25,28-29,31H,2-3,13-16,21H2,1H3/b9-4+,10-5+/t22-,24+,25-,28-,29?/m0/s1. The second-order valence-electron chi connectivity index (χ2n) is 9.46. The third kappa shape index (κ3) is 6.04. The summed E-state index contributed by atoms with van der Waals surface area (Å²) in [7, 11) is 0. The highest BCUT2D eigenvalue weighted by atomic mass is 35.5. The Labute approximate surface area is 193 Å². The highest BCUT2D eigenvalue weighted by Gasteiger charge is 2.44. The quantitative estimate of drug-likeness (QED) is 0.291. The van der Waals surface area contributed by atoms with Gasteiger partial charge in [0.05, 0.1) is 6.04 Å². The SMILES string of the molecule is C[C@H]1[C@@H]2CC[C@@H](C2)[C@H]1C/C=C/CC/C=C/CC(Nc1ccc(Cl)cc1)c1ccccc1. The van der Waals surface area contributed by atoms with Crippen LogP contribution >= 0.6 is 11.6 Å². The van der Waals surface area contributed by atoms with E-state index in [0.29, 0.717) is 0 Å². The predicted molar refractivity (Wildman–Crippen MR) is 134 cm³/mol. The molecule has 1 N–H and O–H groups in total. The van der Waals surface area contributed by atoms with Gasteiger partial charge in [-0.2, -0.15) is 0 Å². The van der Waals surface area contributed by atoms with E-state index in [0.717, 1.165) is 53.6 Å². The van der Waals surface area contributed by atoms with Gasteiger partial charge in [0.2, 0.25) is 0 Å². The molecule has 2 fully saturated rings. The van der Waals surface area contributed by atoms with E-state index >= 15 is 0 Å². The molecular formula is C29H36ClN. The van der Waals surface area contributed by atoms with E-state index in [4.69, 9.17) is 11.6 Å². The number of anilines is 1. The normalized spacial score (nSPS) is 26.1. The fraction of sp³-hybridized carbons (Fsp3) is 0.448. The molecule has 0 amide bonds. The minimum Gasteiger partial charge on any atom is -0.378 e. The molecule has 2 aromatic carbocycles. The summed E-state index contributed by atoms with van der Waals surface area (Å²) >= 11 is 6.04. The molecule has 1 nitrogen and oxygen atoms in total. The third-order valence-corrected chi connectivity index (χ3v) is 7.79. The summed E-state index contributed by atoms with van der Waals surface area (Å²) < 4.78 is 0. The van der Waals surface area contributed by atoms with Crippen LogP contribution in [0.1, 0.15) is 63.5 Å². The van der Waals surface area contributed by atoms with Gasteiger partial charge in [0.15, 0.2) is 0 Å². The van der Waals surface area contributed by atoms with E-state index in [1.54, 1.807) is 0 Å². The molecule has 2 heteroatoms. The van der Waals surface area contributed by atoms with Gasteiger partial charge >= 0.3 is 0 Å². The third-order valence-electron chi connectivity index (χ3n) is 7.54. The summed E-state index contributed by atoms with van der Waals surface area (Å²) in [4.78, 5) is 0. The van der Waals surface area contributed by atoms with Crippen molar-refractivity contribution < 1.29 is 0 Å². The van der Waals surface area contributed by atoms with E-state index in [1.165, 1.54) is 31.2 Å². The molecular weight excluding hydrogens is 398 g/mol. The number of nitrogens with one attached hydrogen (secondary N) is 1. The Morgan fingerprint density at radius 2 is 1.61 bits per heavy atom. The molecule has 2 aliphatic carbocycles. The van der Waals surface area contributed by atoms with Crippen LogP contribution in [-0.4, -0.2) is 0 Å². The number of allylic oxidation sites excluding steroid dienone is 3. The fourth-order valence-corrected chi connectivity index (χ4v) is 5.86. The zero-order valence-corrected chi connectivity index (χ0v) is 19.5. The Morgan fingerprint density at radius 1 is 0.903 bits per heavy atom. The molecule has 2 bridgehead atoms. The van der Waals surface area contributed by atoms with Gasteiger partial charge in [0.1, 0.15) is 0 Å². The maximum atomic E-state index is 6.04. The number of hydrogen-bond acceptors (Lipinski definition) is 1. The summed E-state index contributed by atoms with van der Waals surface area (Å²) in [5, 5.41) is 4.43. The van der Waals surface area contributed by atoms with Crippen LogP contribution in [0.3, 0.4) is 0 Å². The lowest BCUT2D eigenvalue weighted by molar-refractivity contribution is 0.241. The zero-order chi connectivity index (χ0) is 21.5. The largest absolute Gasteiger partial charge is 0.378 e. The molecule has 1 unspecified atom stereocenters. The van der Waals surface area contributed by atoms with Crippen molar-refractivity contribution in [1.29, 1.82) is 0 Å². The van der Waals surface area contributed by atoms with Crippen molar-refractivity contribution in [3.63, 3.8) is 0 Å². The van der Waals surface area contributed by atoms with Gasteiger partial charge in [-0.1, -0.05) is 73.2 Å². The molecule has 2 saturated carbocycles. The first-order chi connectivity index (χ1) is 15.2. The van der Waals surface area contributed by atoms with Gasteiger partial charge in [-0.25, -0.2) is 0 Å². The molecule has 0 radical (unpaired) electrons. The Morgan fingerprint density at radius 3 is 2.32 bits per heavy atom. The first-order valence-electron chi connectivity index (χ1n) is 12.1. The molecule has 4 rings (SSSR count). The topological polar surface area (TPSA) is 12.0 Å². The van der Waals surface area contributed by atoms with Gasteiger partial charge in [0, 0.05) is 10.7 Å². The summed E-state index contributed by atoms with van der Waals surface area (Å²) in [6.07, 6.45) is 18.6. The van der Waals surface area contributed by atoms with Crippen molar-refractivity contribution in [3.05, 3.63) is 89.5 Å². The van der Waals surface area contributed by atoms with Crippen molar-refractivity contribution in [2.75, 3.05) is 5.32 Å². The van der Waals surface area contributed by atoms with E-state index in [9.17, 15) is 0 Å². The second-order valence-corrected chi connectivity index (χ2v) is 9.90. The molecule has 2 aliphatic rings. The molecule has 0 saturated heterocycles. The minimum atomic E-state index is 0.258. The number of benzene rings is 2. The Kier molecular flexibility index (Phi) is 7.92. The average molecular weight is 434 g/mol. The van der Waals surface area contributed by atoms with E-state index in [-0.39, 0.29) is 6.04 Å². The fourth-order valence-electron chi connectivity index (χ4n) is 5.73. The monoisotopic (exact) mass is 433 g/mol. The van der Waals surface area contributed by atoms with Gasteiger partial charge in [-0.15, -0.1) is 0 Å². The first kappa shape index (κ1) is 22.2. The maximum Gasteiger partial charge on any atom is 0.0548 e. The predicted octanol–water partition coefficient (Wildman–Crippen LogP) is 8.85. The first-order valence-corrected chi connectivity index (χ1v) is 12.5. The number of fused-ring (bicyclic) bond motifs is 2. The van der Waals surface area contributed by atoms with Gasteiger partial charge in [-0.05, 0) is 98.4 Å². The van der Waals surface area contributed by atoms with Crippen LogP contribution in [0.5, 0.6) is 0 Å². The Balaban J connectivity index is 1.23. The number of hydrogen-bond donors (Lipinski definition) is 1.